The molecule has 7 rings (SSSR count). The molecule has 0 radical (unpaired) electrons. The number of ether oxygens (including phenoxy) is 3. The molecule has 0 saturated heterocycles. The first-order valence-electron chi connectivity index (χ1n) is 17.0. The summed E-state index contributed by atoms with van der Waals surface area (Å²) in [7, 11) is -2.04. The molecule has 3 aliphatic carbocycles. The lowest BCUT2D eigenvalue weighted by molar-refractivity contribution is -0.137. The van der Waals surface area contributed by atoms with Crippen LogP contribution >= 0.6 is 11.6 Å². The van der Waals surface area contributed by atoms with Crippen LogP contribution in [0.2, 0.25) is 5.02 Å². The highest BCUT2D eigenvalue weighted by Gasteiger charge is 2.45. The highest BCUT2D eigenvalue weighted by molar-refractivity contribution is 7.92. The van der Waals surface area contributed by atoms with Crippen LogP contribution < -0.4 is 19.7 Å². The number of hydrogen-bond acceptors (Lipinski definition) is 7. The lowest BCUT2D eigenvalue weighted by Gasteiger charge is -2.46. The second kappa shape index (κ2) is 13.0. The predicted molar refractivity (Wildman–Crippen MR) is 185 cm³/mol. The van der Waals surface area contributed by atoms with Gasteiger partial charge in [-0.3, -0.25) is 4.79 Å². The number of aryl methyl sites for hydroxylation is 1. The van der Waals surface area contributed by atoms with Crippen molar-refractivity contribution in [2.24, 2.45) is 16.2 Å². The highest BCUT2D eigenvalue weighted by Crippen LogP contribution is 2.47. The van der Waals surface area contributed by atoms with Gasteiger partial charge in [0.25, 0.3) is 5.91 Å². The molecule has 5 atom stereocenters. The second-order valence-electron chi connectivity index (χ2n) is 14.5. The number of anilines is 1. The van der Waals surface area contributed by atoms with Crippen molar-refractivity contribution in [1.29, 1.82) is 0 Å². The van der Waals surface area contributed by atoms with Gasteiger partial charge < -0.3 is 24.4 Å². The van der Waals surface area contributed by atoms with Crippen LogP contribution in [0.25, 0.3) is 0 Å². The number of hydrogen-bond donors (Lipinski definition) is 2. The summed E-state index contributed by atoms with van der Waals surface area (Å²) in [6, 6.07) is 10.8. The van der Waals surface area contributed by atoms with Crippen molar-refractivity contribution in [1.82, 2.24) is 10.0 Å². The van der Waals surface area contributed by atoms with Crippen molar-refractivity contribution < 1.29 is 28.0 Å². The third-order valence-electron chi connectivity index (χ3n) is 10.7. The zero-order chi connectivity index (χ0) is 33.7. The van der Waals surface area contributed by atoms with E-state index < -0.39 is 27.5 Å². The Morgan fingerprint density at radius 1 is 1.15 bits per heavy atom. The lowest BCUT2D eigenvalue weighted by Crippen LogP contribution is -2.49. The Balaban J connectivity index is 1.35. The number of amides is 3. The van der Waals surface area contributed by atoms with E-state index in [0.29, 0.717) is 30.7 Å². The Bertz CT molecular complexity index is 1750. The maximum Gasteiger partial charge on any atom is 0.327 e. The summed E-state index contributed by atoms with van der Waals surface area (Å²) >= 11 is 6.45. The molecule has 2 bridgehead atoms. The molecule has 2 aromatic rings. The molecule has 5 aliphatic rings. The van der Waals surface area contributed by atoms with E-state index in [4.69, 9.17) is 25.8 Å². The average molecular weight is 697 g/mol. The quantitative estimate of drug-likeness (QED) is 0.381. The third-order valence-corrected chi connectivity index (χ3v) is 12.7. The van der Waals surface area contributed by atoms with Crippen LogP contribution in [-0.2, 0) is 36.0 Å². The van der Waals surface area contributed by atoms with Crippen molar-refractivity contribution in [2.45, 2.75) is 86.9 Å². The van der Waals surface area contributed by atoms with Gasteiger partial charge in [0.1, 0.15) is 11.4 Å². The van der Waals surface area contributed by atoms with Gasteiger partial charge in [0.15, 0.2) is 9.92 Å². The van der Waals surface area contributed by atoms with Gasteiger partial charge in [-0.1, -0.05) is 29.8 Å². The molecule has 2 heterocycles. The number of carbonyl (C=O) groups is 2. The van der Waals surface area contributed by atoms with Crippen molar-refractivity contribution in [2.75, 3.05) is 38.3 Å². The SMILES string of the molecule is CO[C@H]1/C=C/COC(C)(C)C(=O)N=[S@](=O)(NC(=O)NC2CC2)c2ccc3c(c2)N(C[C@@H]2CC[C@H]21)C[C@@]1(CCCc2cc(Cl)ccc21)CO3. The summed E-state index contributed by atoms with van der Waals surface area (Å²) in [6.07, 6.45) is 10.5. The Labute approximate surface area is 288 Å². The van der Waals surface area contributed by atoms with E-state index in [9.17, 15) is 13.8 Å². The van der Waals surface area contributed by atoms with Gasteiger partial charge in [0, 0.05) is 36.7 Å². The van der Waals surface area contributed by atoms with Crippen LogP contribution in [0.3, 0.4) is 0 Å². The van der Waals surface area contributed by atoms with E-state index in [1.165, 1.54) is 11.1 Å². The van der Waals surface area contributed by atoms with Gasteiger partial charge in [-0.25, -0.2) is 13.7 Å². The summed E-state index contributed by atoms with van der Waals surface area (Å²) in [5, 5.41) is 3.56. The molecule has 2 saturated carbocycles. The Morgan fingerprint density at radius 3 is 2.73 bits per heavy atom. The number of fused-ring (bicyclic) bond motifs is 4. The van der Waals surface area contributed by atoms with E-state index in [-0.39, 0.29) is 29.1 Å². The molecular weight excluding hydrogens is 652 g/mol. The van der Waals surface area contributed by atoms with Crippen LogP contribution in [0.5, 0.6) is 5.75 Å². The molecule has 2 fully saturated rings. The summed E-state index contributed by atoms with van der Waals surface area (Å²) < 4.78 is 40.2. The largest absolute Gasteiger partial charge is 0.490 e. The molecular formula is C36H45ClN4O6S. The maximum atomic E-state index is 14.8. The van der Waals surface area contributed by atoms with Crippen LogP contribution in [0.1, 0.15) is 63.5 Å². The summed E-state index contributed by atoms with van der Waals surface area (Å²) in [6.45, 7) is 5.24. The molecule has 2 N–H and O–H groups in total. The molecule has 258 valence electrons. The standard InChI is InChI=1S/C36H45ClN4O6S/c1-35(2)33(42)39-48(44,40-34(43)38-26-10-11-26)27-12-15-32-30(19-27)41(20-24-8-13-28(24)31(45-3)7-5-17-47-35)21-36(22-46-32)16-4-6-23-18-25(37)9-14-29(23)36/h5,7,9,12,14-15,18-19,24,26,28,31H,4,6,8,10-11,13,16-17,20-22H2,1-3H3,(H2,38,39,40,42,43,44)/b7-5+/t24-,28+,31-,36-,48-/m0/s1. The third kappa shape index (κ3) is 6.58. The molecule has 0 aromatic heterocycles. The molecule has 0 unspecified atom stereocenters. The average Bonchev–Trinajstić information content (AvgIpc) is 3.87. The number of nitrogens with one attached hydrogen (secondary N) is 2. The lowest BCUT2D eigenvalue weighted by atomic mass is 9.68. The van der Waals surface area contributed by atoms with Crippen molar-refractivity contribution in [3.05, 3.63) is 64.7 Å². The molecule has 1 spiro atoms. The number of carbonyl (C=O) groups excluding carboxylic acids is 2. The molecule has 48 heavy (non-hydrogen) atoms. The Kier molecular flexibility index (Phi) is 9.02. The molecule has 2 aliphatic heterocycles. The Hall–Kier alpha value is -3.12. The summed E-state index contributed by atoms with van der Waals surface area (Å²) in [5.74, 6) is 0.561. The first kappa shape index (κ1) is 33.4. The second-order valence-corrected chi connectivity index (χ2v) is 16.8. The first-order chi connectivity index (χ1) is 23.0. The van der Waals surface area contributed by atoms with Crippen molar-refractivity contribution in [3.63, 3.8) is 0 Å². The van der Waals surface area contributed by atoms with E-state index in [1.807, 2.05) is 18.2 Å². The number of nitrogens with zero attached hydrogens (tertiary/aromatic N) is 2. The molecule has 2 aromatic carbocycles. The fourth-order valence-electron chi connectivity index (χ4n) is 7.64. The molecule has 3 amide bonds. The van der Waals surface area contributed by atoms with Gasteiger partial charge >= 0.3 is 6.03 Å². The van der Waals surface area contributed by atoms with Crippen molar-refractivity contribution in [3.8, 4) is 5.75 Å². The minimum absolute atomic E-state index is 0.0215. The molecule has 12 heteroatoms. The number of rotatable bonds is 3. The van der Waals surface area contributed by atoms with Gasteiger partial charge in [0.2, 0.25) is 0 Å². The van der Waals surface area contributed by atoms with E-state index in [0.717, 1.165) is 62.2 Å². The number of urea groups is 1. The number of methoxy groups -OCH3 is 1. The van der Waals surface area contributed by atoms with Gasteiger partial charge in [0.05, 0.1) is 29.9 Å². The van der Waals surface area contributed by atoms with E-state index >= 15 is 0 Å². The normalized spacial score (nSPS) is 32.0. The van der Waals surface area contributed by atoms with E-state index in [1.54, 1.807) is 39.2 Å². The number of benzene rings is 2. The predicted octanol–water partition coefficient (Wildman–Crippen LogP) is 5.95. The molecule has 10 nitrogen and oxygen atoms in total. The van der Waals surface area contributed by atoms with Crippen molar-refractivity contribution >= 4 is 39.1 Å². The van der Waals surface area contributed by atoms with Crippen LogP contribution in [0.15, 0.2) is 57.8 Å². The zero-order valence-corrected chi connectivity index (χ0v) is 29.4. The van der Waals surface area contributed by atoms with Crippen LogP contribution in [0, 0.1) is 11.8 Å². The van der Waals surface area contributed by atoms with E-state index in [2.05, 4.69) is 31.4 Å². The maximum absolute atomic E-state index is 14.8. The van der Waals surface area contributed by atoms with Gasteiger partial charge in [-0.2, -0.15) is 0 Å². The topological polar surface area (TPSA) is 119 Å². The zero-order valence-electron chi connectivity index (χ0n) is 27.8. The summed E-state index contributed by atoms with van der Waals surface area (Å²) in [5.41, 5.74) is 1.59. The number of halogens is 1. The highest BCUT2D eigenvalue weighted by atomic mass is 35.5. The fourth-order valence-corrected chi connectivity index (χ4v) is 9.39. The first-order valence-corrected chi connectivity index (χ1v) is 18.9. The smallest absolute Gasteiger partial charge is 0.327 e. The Morgan fingerprint density at radius 2 is 1.98 bits per heavy atom. The minimum atomic E-state index is -3.78. The van der Waals surface area contributed by atoms with Gasteiger partial charge in [-0.15, -0.1) is 4.36 Å². The van der Waals surface area contributed by atoms with Crippen LogP contribution in [-0.4, -0.2) is 67.3 Å². The monoisotopic (exact) mass is 696 g/mol. The minimum Gasteiger partial charge on any atom is -0.490 e. The fraction of sp³-hybridized carbons (Fsp3) is 0.556. The summed E-state index contributed by atoms with van der Waals surface area (Å²) in [4.78, 5) is 29.3. The van der Waals surface area contributed by atoms with Crippen LogP contribution in [0.4, 0.5) is 10.5 Å². The van der Waals surface area contributed by atoms with Gasteiger partial charge in [-0.05, 0) is 112 Å².